The number of rotatable bonds is 3. The molecule has 1 aromatic rings. The molecule has 2 amide bonds. The molecule has 21 heavy (non-hydrogen) atoms. The number of urea groups is 1. The molecule has 1 fully saturated rings. The molecule has 1 heterocycles. The van der Waals surface area contributed by atoms with E-state index in [9.17, 15) is 9.59 Å². The minimum Gasteiger partial charge on any atom is -0.481 e. The smallest absolute Gasteiger partial charge is 0.320 e. The van der Waals surface area contributed by atoms with Crippen molar-refractivity contribution in [3.05, 3.63) is 34.3 Å². The predicted molar refractivity (Wildman–Crippen MR) is 82.9 cm³/mol. The number of benzene rings is 1. The van der Waals surface area contributed by atoms with Crippen LogP contribution in [0, 0.1) is 11.8 Å². The normalized spacial score (nSPS) is 21.4. The van der Waals surface area contributed by atoms with Crippen LogP contribution in [-0.4, -0.2) is 47.0 Å². The highest BCUT2D eigenvalue weighted by Gasteiger charge is 2.37. The van der Waals surface area contributed by atoms with Crippen LogP contribution in [0.4, 0.5) is 4.79 Å². The largest absolute Gasteiger partial charge is 0.481 e. The summed E-state index contributed by atoms with van der Waals surface area (Å²) in [7, 11) is 1.74. The van der Waals surface area contributed by atoms with E-state index in [1.165, 1.54) is 0 Å². The summed E-state index contributed by atoms with van der Waals surface area (Å²) in [6.45, 7) is 3.16. The summed E-state index contributed by atoms with van der Waals surface area (Å²) >= 11 is 3.41. The van der Waals surface area contributed by atoms with Gasteiger partial charge in [-0.25, -0.2) is 4.79 Å². The first-order valence-electron chi connectivity index (χ1n) is 6.85. The number of carbonyl (C=O) groups excluding carboxylic acids is 1. The molecule has 5 nitrogen and oxygen atoms in total. The van der Waals surface area contributed by atoms with Gasteiger partial charge in [-0.1, -0.05) is 35.0 Å². The van der Waals surface area contributed by atoms with Crippen molar-refractivity contribution in [3.8, 4) is 0 Å². The maximum absolute atomic E-state index is 12.4. The summed E-state index contributed by atoms with van der Waals surface area (Å²) < 4.78 is 0.974. The molecule has 2 rings (SSSR count). The molecule has 0 spiro atoms. The van der Waals surface area contributed by atoms with Gasteiger partial charge < -0.3 is 14.9 Å². The average Bonchev–Trinajstić information content (AvgIpc) is 2.80. The van der Waals surface area contributed by atoms with Gasteiger partial charge in [0.05, 0.1) is 5.92 Å². The number of hydrogen-bond acceptors (Lipinski definition) is 2. The maximum Gasteiger partial charge on any atom is 0.320 e. The van der Waals surface area contributed by atoms with Crippen LogP contribution < -0.4 is 0 Å². The molecule has 6 heteroatoms. The Morgan fingerprint density at radius 1 is 1.43 bits per heavy atom. The summed E-state index contributed by atoms with van der Waals surface area (Å²) in [6.07, 6.45) is 0. The first kappa shape index (κ1) is 15.8. The number of amides is 2. The Morgan fingerprint density at radius 3 is 2.71 bits per heavy atom. The zero-order valence-corrected chi connectivity index (χ0v) is 13.7. The van der Waals surface area contributed by atoms with Crippen LogP contribution in [0.2, 0.25) is 0 Å². The minimum atomic E-state index is -0.826. The Balaban J connectivity index is 1.99. The lowest BCUT2D eigenvalue weighted by atomic mass is 9.99. The van der Waals surface area contributed by atoms with Gasteiger partial charge in [0.25, 0.3) is 0 Å². The third kappa shape index (κ3) is 3.75. The molecular weight excluding hydrogens is 336 g/mol. The fourth-order valence-electron chi connectivity index (χ4n) is 2.66. The Kier molecular flexibility index (Phi) is 4.88. The van der Waals surface area contributed by atoms with Gasteiger partial charge in [0, 0.05) is 31.2 Å². The highest BCUT2D eigenvalue weighted by Crippen LogP contribution is 2.24. The van der Waals surface area contributed by atoms with Crippen molar-refractivity contribution in [2.24, 2.45) is 11.8 Å². The lowest BCUT2D eigenvalue weighted by molar-refractivity contribution is -0.142. The van der Waals surface area contributed by atoms with E-state index >= 15 is 0 Å². The molecule has 1 saturated heterocycles. The SMILES string of the molecule is C[C@@H]1CN(C(=O)N(C)Cc2cccc(Br)c2)C[C@H]1C(=O)O. The number of likely N-dealkylation sites (tertiary alicyclic amines) is 1. The lowest BCUT2D eigenvalue weighted by Gasteiger charge is -2.24. The molecule has 1 N–H and O–H groups in total. The molecule has 0 unspecified atom stereocenters. The van der Waals surface area contributed by atoms with Gasteiger partial charge in [0.15, 0.2) is 0 Å². The molecular formula is C15H19BrN2O3. The van der Waals surface area contributed by atoms with E-state index < -0.39 is 11.9 Å². The Labute approximate surface area is 132 Å². The van der Waals surface area contributed by atoms with Gasteiger partial charge >= 0.3 is 12.0 Å². The molecule has 1 aliphatic rings. The minimum absolute atomic E-state index is 0.00859. The summed E-state index contributed by atoms with van der Waals surface area (Å²) in [6, 6.07) is 7.67. The van der Waals surface area contributed by atoms with E-state index in [4.69, 9.17) is 5.11 Å². The molecule has 114 valence electrons. The second-order valence-corrected chi connectivity index (χ2v) is 6.51. The predicted octanol–water partition coefficient (Wildman–Crippen LogP) is 2.65. The third-order valence-corrected chi connectivity index (χ3v) is 4.33. The van der Waals surface area contributed by atoms with E-state index in [-0.39, 0.29) is 18.5 Å². The zero-order valence-electron chi connectivity index (χ0n) is 12.1. The van der Waals surface area contributed by atoms with E-state index in [0.29, 0.717) is 13.1 Å². The van der Waals surface area contributed by atoms with E-state index in [2.05, 4.69) is 15.9 Å². The number of nitrogens with zero attached hydrogens (tertiary/aromatic N) is 2. The van der Waals surface area contributed by atoms with Gasteiger partial charge in [0.2, 0.25) is 0 Å². The summed E-state index contributed by atoms with van der Waals surface area (Å²) in [4.78, 5) is 26.8. The van der Waals surface area contributed by atoms with Crippen molar-refractivity contribution in [3.63, 3.8) is 0 Å². The standard InChI is InChI=1S/C15H19BrN2O3/c1-10-7-18(9-13(10)14(19)20)15(21)17(2)8-11-4-3-5-12(16)6-11/h3-6,10,13H,7-9H2,1-2H3,(H,19,20)/t10-,13-/m1/s1. The molecule has 2 atom stereocenters. The van der Waals surface area contributed by atoms with E-state index in [1.54, 1.807) is 16.8 Å². The monoisotopic (exact) mass is 354 g/mol. The van der Waals surface area contributed by atoms with Crippen molar-refractivity contribution in [1.82, 2.24) is 9.80 Å². The van der Waals surface area contributed by atoms with Gasteiger partial charge in [-0.2, -0.15) is 0 Å². The number of halogens is 1. The van der Waals surface area contributed by atoms with Gasteiger partial charge in [-0.3, -0.25) is 4.79 Å². The maximum atomic E-state index is 12.4. The topological polar surface area (TPSA) is 60.9 Å². The van der Waals surface area contributed by atoms with E-state index in [0.717, 1.165) is 10.0 Å². The Hall–Kier alpha value is -1.56. The fourth-order valence-corrected chi connectivity index (χ4v) is 3.11. The molecule has 0 bridgehead atoms. The van der Waals surface area contributed by atoms with Gasteiger partial charge in [-0.15, -0.1) is 0 Å². The van der Waals surface area contributed by atoms with Crippen molar-refractivity contribution >= 4 is 27.9 Å². The quantitative estimate of drug-likeness (QED) is 0.907. The molecule has 0 saturated carbocycles. The highest BCUT2D eigenvalue weighted by atomic mass is 79.9. The Bertz CT molecular complexity index is 549. The lowest BCUT2D eigenvalue weighted by Crippen LogP contribution is -2.40. The molecule has 0 aromatic heterocycles. The van der Waals surface area contributed by atoms with Gasteiger partial charge in [0.1, 0.15) is 0 Å². The Morgan fingerprint density at radius 2 is 2.14 bits per heavy atom. The number of carbonyl (C=O) groups is 2. The van der Waals surface area contributed by atoms with Crippen molar-refractivity contribution in [2.45, 2.75) is 13.5 Å². The van der Waals surface area contributed by atoms with Crippen LogP contribution in [0.15, 0.2) is 28.7 Å². The molecule has 1 aliphatic heterocycles. The molecule has 0 aliphatic carbocycles. The van der Waals surface area contributed by atoms with Crippen LogP contribution in [0.5, 0.6) is 0 Å². The van der Waals surface area contributed by atoms with Crippen LogP contribution >= 0.6 is 15.9 Å². The van der Waals surface area contributed by atoms with Crippen LogP contribution in [0.3, 0.4) is 0 Å². The van der Waals surface area contributed by atoms with E-state index in [1.807, 2.05) is 31.2 Å². The van der Waals surface area contributed by atoms with Crippen molar-refractivity contribution < 1.29 is 14.7 Å². The first-order chi connectivity index (χ1) is 9.88. The number of carboxylic acid groups (broad SMARTS) is 1. The highest BCUT2D eigenvalue weighted by molar-refractivity contribution is 9.10. The number of hydrogen-bond donors (Lipinski definition) is 1. The average molecular weight is 355 g/mol. The second kappa shape index (κ2) is 6.47. The first-order valence-corrected chi connectivity index (χ1v) is 7.65. The molecule has 1 aromatic carbocycles. The summed E-state index contributed by atoms with van der Waals surface area (Å²) in [5.41, 5.74) is 1.03. The van der Waals surface area contributed by atoms with Crippen molar-refractivity contribution in [2.75, 3.05) is 20.1 Å². The third-order valence-electron chi connectivity index (χ3n) is 3.84. The fraction of sp³-hybridized carbons (Fsp3) is 0.467. The molecule has 0 radical (unpaired) electrons. The van der Waals surface area contributed by atoms with Crippen LogP contribution in [0.25, 0.3) is 0 Å². The number of aliphatic carboxylic acids is 1. The number of carboxylic acids is 1. The van der Waals surface area contributed by atoms with Crippen molar-refractivity contribution in [1.29, 1.82) is 0 Å². The second-order valence-electron chi connectivity index (χ2n) is 5.60. The van der Waals surface area contributed by atoms with Crippen LogP contribution in [0.1, 0.15) is 12.5 Å². The summed E-state index contributed by atoms with van der Waals surface area (Å²) in [5.74, 6) is -1.30. The zero-order chi connectivity index (χ0) is 15.6. The summed E-state index contributed by atoms with van der Waals surface area (Å²) in [5, 5.41) is 9.13. The van der Waals surface area contributed by atoms with Crippen LogP contribution in [-0.2, 0) is 11.3 Å². The van der Waals surface area contributed by atoms with Gasteiger partial charge in [-0.05, 0) is 23.6 Å².